The van der Waals surface area contributed by atoms with E-state index in [0.29, 0.717) is 0 Å². The highest BCUT2D eigenvalue weighted by Crippen LogP contribution is 2.44. The monoisotopic (exact) mass is 562 g/mol. The predicted octanol–water partition coefficient (Wildman–Crippen LogP) is 2.55. The van der Waals surface area contributed by atoms with Crippen molar-refractivity contribution >= 4 is 18.0 Å². The largest absolute Gasteiger partial charge is 0.459 e. The van der Waals surface area contributed by atoms with Crippen molar-refractivity contribution in [2.24, 2.45) is 0 Å². The van der Waals surface area contributed by atoms with Gasteiger partial charge < -0.3 is 19.7 Å². The Balaban J connectivity index is 1.37. The fraction of sp³-hybridized carbons (Fsp3) is 0.367. The standard InChI is InChI=1S/C30H34N4O7/c1-19-15-34(28(38)32-27(19)37)16-25(35)33(17-26(36)41-30(2,3)4)14-13-31-29(39)40-18-24-22-11-7-5-9-20(22)21-10-6-8-12-23(21)24/h5-12,15,24H,13-14,16-18H2,1-4H3,(H,31,39)(H,32,37,38). The molecule has 1 aromatic heterocycles. The average Bonchev–Trinajstić information content (AvgIpc) is 3.22. The van der Waals surface area contributed by atoms with Gasteiger partial charge in [-0.3, -0.25) is 23.9 Å². The topological polar surface area (TPSA) is 140 Å². The highest BCUT2D eigenvalue weighted by atomic mass is 16.6. The van der Waals surface area contributed by atoms with Crippen molar-refractivity contribution < 1.29 is 23.9 Å². The lowest BCUT2D eigenvalue weighted by Gasteiger charge is -2.25. The smallest absolute Gasteiger partial charge is 0.407 e. The van der Waals surface area contributed by atoms with Crippen molar-refractivity contribution in [3.8, 4) is 11.1 Å². The van der Waals surface area contributed by atoms with Crippen LogP contribution in [0.3, 0.4) is 0 Å². The molecule has 11 nitrogen and oxygen atoms in total. The Labute approximate surface area is 237 Å². The number of nitrogens with zero attached hydrogens (tertiary/aromatic N) is 2. The summed E-state index contributed by atoms with van der Waals surface area (Å²) in [6, 6.07) is 16.0. The van der Waals surface area contributed by atoms with E-state index < -0.39 is 41.4 Å². The van der Waals surface area contributed by atoms with Gasteiger partial charge in [0.2, 0.25) is 5.91 Å². The van der Waals surface area contributed by atoms with Crippen LogP contribution in [0, 0.1) is 6.92 Å². The summed E-state index contributed by atoms with van der Waals surface area (Å²) >= 11 is 0. The summed E-state index contributed by atoms with van der Waals surface area (Å²) in [5.41, 5.74) is 2.60. The zero-order valence-electron chi connectivity index (χ0n) is 23.6. The number of aromatic nitrogens is 2. The van der Waals surface area contributed by atoms with Crippen LogP contribution < -0.4 is 16.6 Å². The van der Waals surface area contributed by atoms with E-state index in [0.717, 1.165) is 26.8 Å². The Kier molecular flexibility index (Phi) is 8.75. The normalized spacial score (nSPS) is 12.3. The molecule has 4 rings (SSSR count). The molecule has 0 atom stereocenters. The molecule has 2 N–H and O–H groups in total. The Morgan fingerprint density at radius 2 is 1.61 bits per heavy atom. The van der Waals surface area contributed by atoms with E-state index in [-0.39, 0.29) is 37.7 Å². The second-order valence-corrected chi connectivity index (χ2v) is 10.9. The molecule has 1 aliphatic rings. The van der Waals surface area contributed by atoms with Crippen LogP contribution in [0.15, 0.2) is 64.3 Å². The lowest BCUT2D eigenvalue weighted by atomic mass is 9.98. The number of benzene rings is 2. The number of carbonyl (C=O) groups is 3. The van der Waals surface area contributed by atoms with Crippen molar-refractivity contribution in [1.82, 2.24) is 19.8 Å². The zero-order valence-corrected chi connectivity index (χ0v) is 23.6. The SMILES string of the molecule is Cc1cn(CC(=O)N(CCNC(=O)OCC2c3ccccc3-c3ccccc32)CC(=O)OC(C)(C)C)c(=O)[nH]c1=O. The number of amides is 2. The van der Waals surface area contributed by atoms with E-state index in [4.69, 9.17) is 9.47 Å². The molecule has 41 heavy (non-hydrogen) atoms. The number of esters is 1. The van der Waals surface area contributed by atoms with Gasteiger partial charge in [0.15, 0.2) is 0 Å². The Morgan fingerprint density at radius 3 is 2.22 bits per heavy atom. The molecule has 3 aromatic rings. The second-order valence-electron chi connectivity index (χ2n) is 10.9. The van der Waals surface area contributed by atoms with Crippen molar-refractivity contribution in [2.75, 3.05) is 26.2 Å². The van der Waals surface area contributed by atoms with Crippen LogP contribution in [-0.2, 0) is 25.6 Å². The number of carbonyl (C=O) groups excluding carboxylic acids is 3. The fourth-order valence-corrected chi connectivity index (χ4v) is 4.75. The summed E-state index contributed by atoms with van der Waals surface area (Å²) in [7, 11) is 0. The third kappa shape index (κ3) is 7.30. The van der Waals surface area contributed by atoms with E-state index in [2.05, 4.69) is 10.3 Å². The molecule has 1 aliphatic carbocycles. The minimum absolute atomic E-state index is 0.00917. The van der Waals surface area contributed by atoms with Gasteiger partial charge in [-0.2, -0.15) is 0 Å². The molecule has 0 fully saturated rings. The maximum absolute atomic E-state index is 13.1. The first-order chi connectivity index (χ1) is 19.4. The quantitative estimate of drug-likeness (QED) is 0.382. The van der Waals surface area contributed by atoms with Crippen LogP contribution in [0.5, 0.6) is 0 Å². The molecule has 0 radical (unpaired) electrons. The molecule has 0 aliphatic heterocycles. The lowest BCUT2D eigenvalue weighted by molar-refractivity contribution is -0.159. The van der Waals surface area contributed by atoms with Gasteiger partial charge in [0, 0.05) is 30.8 Å². The van der Waals surface area contributed by atoms with Crippen molar-refractivity contribution in [2.45, 2.75) is 45.8 Å². The Hall–Kier alpha value is -4.67. The highest BCUT2D eigenvalue weighted by Gasteiger charge is 2.29. The summed E-state index contributed by atoms with van der Waals surface area (Å²) in [6.45, 7) is 5.91. The summed E-state index contributed by atoms with van der Waals surface area (Å²) in [6.07, 6.45) is 0.614. The summed E-state index contributed by atoms with van der Waals surface area (Å²) in [4.78, 5) is 65.4. The summed E-state index contributed by atoms with van der Waals surface area (Å²) < 4.78 is 11.9. The minimum atomic E-state index is -0.766. The Morgan fingerprint density at radius 1 is 1.00 bits per heavy atom. The first-order valence-electron chi connectivity index (χ1n) is 13.3. The number of rotatable bonds is 9. The fourth-order valence-electron chi connectivity index (χ4n) is 4.75. The number of hydrogen-bond donors (Lipinski definition) is 2. The summed E-state index contributed by atoms with van der Waals surface area (Å²) in [5.74, 6) is -1.31. The van der Waals surface area contributed by atoms with Gasteiger partial charge in [0.1, 0.15) is 25.3 Å². The molecule has 2 aromatic carbocycles. The molecular formula is C30H34N4O7. The van der Waals surface area contributed by atoms with Gasteiger partial charge in [-0.1, -0.05) is 48.5 Å². The van der Waals surface area contributed by atoms with Gasteiger partial charge in [-0.05, 0) is 49.9 Å². The number of aromatic amines is 1. The maximum Gasteiger partial charge on any atom is 0.407 e. The highest BCUT2D eigenvalue weighted by molar-refractivity contribution is 5.82. The van der Waals surface area contributed by atoms with Crippen LogP contribution >= 0.6 is 0 Å². The maximum atomic E-state index is 13.1. The van der Waals surface area contributed by atoms with Gasteiger partial charge >= 0.3 is 17.8 Å². The van der Waals surface area contributed by atoms with E-state index in [1.54, 1.807) is 20.8 Å². The van der Waals surface area contributed by atoms with Crippen LogP contribution in [-0.4, -0.2) is 64.3 Å². The predicted molar refractivity (Wildman–Crippen MR) is 152 cm³/mol. The van der Waals surface area contributed by atoms with Gasteiger partial charge in [0.25, 0.3) is 5.56 Å². The molecule has 2 amide bonds. The molecule has 0 spiro atoms. The van der Waals surface area contributed by atoms with Gasteiger partial charge in [-0.15, -0.1) is 0 Å². The number of ether oxygens (including phenoxy) is 2. The lowest BCUT2D eigenvalue weighted by Crippen LogP contribution is -2.45. The minimum Gasteiger partial charge on any atom is -0.459 e. The molecule has 0 saturated carbocycles. The van der Waals surface area contributed by atoms with E-state index in [1.807, 2.05) is 48.5 Å². The van der Waals surface area contributed by atoms with Gasteiger partial charge in [0.05, 0.1) is 0 Å². The van der Waals surface area contributed by atoms with Crippen LogP contribution in [0.25, 0.3) is 11.1 Å². The number of fused-ring (bicyclic) bond motifs is 3. The van der Waals surface area contributed by atoms with Crippen LogP contribution in [0.2, 0.25) is 0 Å². The van der Waals surface area contributed by atoms with Crippen LogP contribution in [0.1, 0.15) is 43.4 Å². The van der Waals surface area contributed by atoms with E-state index >= 15 is 0 Å². The third-order valence-corrected chi connectivity index (χ3v) is 6.58. The third-order valence-electron chi connectivity index (χ3n) is 6.58. The molecular weight excluding hydrogens is 528 g/mol. The number of alkyl carbamates (subject to hydrolysis) is 1. The first-order valence-corrected chi connectivity index (χ1v) is 13.3. The molecule has 11 heteroatoms. The molecule has 0 bridgehead atoms. The van der Waals surface area contributed by atoms with Gasteiger partial charge in [-0.25, -0.2) is 9.59 Å². The van der Waals surface area contributed by atoms with E-state index in [9.17, 15) is 24.0 Å². The number of aryl methyl sites for hydroxylation is 1. The average molecular weight is 563 g/mol. The zero-order chi connectivity index (χ0) is 29.7. The second kappa shape index (κ2) is 12.2. The molecule has 1 heterocycles. The molecule has 216 valence electrons. The number of hydrogen-bond acceptors (Lipinski definition) is 7. The molecule has 0 unspecified atom stereocenters. The van der Waals surface area contributed by atoms with Crippen molar-refractivity contribution in [1.29, 1.82) is 0 Å². The summed E-state index contributed by atoms with van der Waals surface area (Å²) in [5, 5.41) is 2.63. The first kappa shape index (κ1) is 29.3. The number of nitrogens with one attached hydrogen (secondary N) is 2. The van der Waals surface area contributed by atoms with E-state index in [1.165, 1.54) is 18.0 Å². The molecule has 0 saturated heterocycles. The number of H-pyrrole nitrogens is 1. The van der Waals surface area contributed by atoms with Crippen LogP contribution in [0.4, 0.5) is 4.79 Å². The Bertz CT molecular complexity index is 1520. The van der Waals surface area contributed by atoms with Crippen molar-refractivity contribution in [3.05, 3.63) is 92.3 Å². The van der Waals surface area contributed by atoms with Crippen molar-refractivity contribution in [3.63, 3.8) is 0 Å².